The molecule has 3 aromatic rings. The molecule has 0 unspecified atom stereocenters. The van der Waals surface area contributed by atoms with Crippen molar-refractivity contribution in [2.24, 2.45) is 0 Å². The third kappa shape index (κ3) is 4.06. The Morgan fingerprint density at radius 3 is 2.37 bits per heavy atom. The monoisotopic (exact) mass is 363 g/mol. The van der Waals surface area contributed by atoms with Gasteiger partial charge in [0.25, 0.3) is 11.8 Å². The molecule has 2 aromatic heterocycles. The van der Waals surface area contributed by atoms with E-state index in [4.69, 9.17) is 4.42 Å². The number of aromatic nitrogens is 1. The first kappa shape index (κ1) is 18.4. The van der Waals surface area contributed by atoms with E-state index >= 15 is 0 Å². The van der Waals surface area contributed by atoms with Gasteiger partial charge in [-0.3, -0.25) is 14.6 Å². The predicted molar refractivity (Wildman–Crippen MR) is 104 cm³/mol. The van der Waals surface area contributed by atoms with Crippen molar-refractivity contribution in [3.8, 4) is 0 Å². The van der Waals surface area contributed by atoms with Gasteiger partial charge in [-0.2, -0.15) is 0 Å². The van der Waals surface area contributed by atoms with Crippen LogP contribution in [-0.4, -0.2) is 16.8 Å². The van der Waals surface area contributed by atoms with E-state index in [1.54, 1.807) is 30.3 Å². The average Bonchev–Trinajstić information content (AvgIpc) is 3.14. The molecule has 2 heterocycles. The van der Waals surface area contributed by atoms with E-state index in [0.29, 0.717) is 16.9 Å². The summed E-state index contributed by atoms with van der Waals surface area (Å²) in [6.07, 6.45) is 1.44. The van der Waals surface area contributed by atoms with Crippen LogP contribution in [-0.2, 0) is 0 Å². The van der Waals surface area contributed by atoms with Crippen molar-refractivity contribution in [1.29, 1.82) is 0 Å². The van der Waals surface area contributed by atoms with Crippen LogP contribution in [0.1, 0.15) is 43.4 Å². The maximum atomic E-state index is 12.7. The number of carbonyl (C=O) groups excluding carboxylic acids is 2. The summed E-state index contributed by atoms with van der Waals surface area (Å²) in [6, 6.07) is 10.3. The Morgan fingerprint density at radius 2 is 1.70 bits per heavy atom. The zero-order valence-electron chi connectivity index (χ0n) is 15.7. The van der Waals surface area contributed by atoms with Gasteiger partial charge in [0.15, 0.2) is 5.76 Å². The fraction of sp³-hybridized carbons (Fsp3) is 0.190. The molecule has 0 aliphatic heterocycles. The topological polar surface area (TPSA) is 84.2 Å². The Bertz CT molecular complexity index is 985. The van der Waals surface area contributed by atoms with E-state index in [2.05, 4.69) is 15.6 Å². The summed E-state index contributed by atoms with van der Waals surface area (Å²) in [5.74, 6) is -0.420. The minimum atomic E-state index is -0.366. The van der Waals surface area contributed by atoms with Gasteiger partial charge >= 0.3 is 0 Å². The molecule has 6 nitrogen and oxygen atoms in total. The summed E-state index contributed by atoms with van der Waals surface area (Å²) in [5.41, 5.74) is 5.16. The second-order valence-corrected chi connectivity index (χ2v) is 6.46. The smallest absolute Gasteiger partial charge is 0.291 e. The van der Waals surface area contributed by atoms with E-state index < -0.39 is 0 Å². The summed E-state index contributed by atoms with van der Waals surface area (Å²) in [5, 5.41) is 5.69. The normalized spacial score (nSPS) is 10.5. The molecule has 138 valence electrons. The molecule has 0 aliphatic rings. The highest BCUT2D eigenvalue weighted by atomic mass is 16.3. The first-order chi connectivity index (χ1) is 12.8. The largest absolute Gasteiger partial charge is 0.459 e. The number of nitrogens with zero attached hydrogens (tertiary/aromatic N) is 1. The maximum absolute atomic E-state index is 12.7. The molecule has 0 fully saturated rings. The maximum Gasteiger partial charge on any atom is 0.291 e. The van der Waals surface area contributed by atoms with E-state index in [1.807, 2.05) is 33.8 Å². The summed E-state index contributed by atoms with van der Waals surface area (Å²) in [7, 11) is 0. The molecule has 3 rings (SSSR count). The minimum Gasteiger partial charge on any atom is -0.459 e. The zero-order valence-corrected chi connectivity index (χ0v) is 15.7. The van der Waals surface area contributed by atoms with E-state index in [-0.39, 0.29) is 17.6 Å². The van der Waals surface area contributed by atoms with Crippen LogP contribution in [0.3, 0.4) is 0 Å². The number of hydrogen-bond acceptors (Lipinski definition) is 4. The van der Waals surface area contributed by atoms with Crippen molar-refractivity contribution < 1.29 is 14.0 Å². The minimum absolute atomic E-state index is 0.209. The molecule has 0 saturated carbocycles. The van der Waals surface area contributed by atoms with Crippen LogP contribution in [0.15, 0.2) is 47.1 Å². The van der Waals surface area contributed by atoms with Crippen molar-refractivity contribution in [3.05, 3.63) is 76.5 Å². The molecule has 0 spiro atoms. The number of benzene rings is 1. The van der Waals surface area contributed by atoms with E-state index in [9.17, 15) is 9.59 Å². The number of nitrogens with one attached hydrogen (secondary N) is 2. The van der Waals surface area contributed by atoms with Gasteiger partial charge in [0.1, 0.15) is 0 Å². The zero-order chi connectivity index (χ0) is 19.6. The van der Waals surface area contributed by atoms with E-state index in [1.165, 1.54) is 6.26 Å². The summed E-state index contributed by atoms with van der Waals surface area (Å²) in [4.78, 5) is 29.3. The summed E-state index contributed by atoms with van der Waals surface area (Å²) >= 11 is 0. The fourth-order valence-corrected chi connectivity index (χ4v) is 2.89. The first-order valence-electron chi connectivity index (χ1n) is 8.57. The second kappa shape index (κ2) is 7.45. The lowest BCUT2D eigenvalue weighted by atomic mass is 10.1. The van der Waals surface area contributed by atoms with Crippen molar-refractivity contribution in [3.63, 3.8) is 0 Å². The number of carbonyl (C=O) groups is 2. The molecule has 0 bridgehead atoms. The van der Waals surface area contributed by atoms with Crippen molar-refractivity contribution in [2.75, 3.05) is 10.6 Å². The van der Waals surface area contributed by atoms with Crippen LogP contribution in [0.2, 0.25) is 0 Å². The van der Waals surface area contributed by atoms with Gasteiger partial charge in [-0.15, -0.1) is 0 Å². The first-order valence-corrected chi connectivity index (χ1v) is 8.57. The number of hydrogen-bond donors (Lipinski definition) is 2. The predicted octanol–water partition coefficient (Wildman–Crippen LogP) is 4.41. The molecular formula is C21H21N3O3. The molecule has 2 N–H and O–H groups in total. The number of amides is 2. The van der Waals surface area contributed by atoms with Gasteiger partial charge in [0.05, 0.1) is 17.6 Å². The molecule has 0 aliphatic carbocycles. The molecule has 0 atom stereocenters. The quantitative estimate of drug-likeness (QED) is 0.719. The Hall–Kier alpha value is -3.41. The van der Waals surface area contributed by atoms with Gasteiger partial charge in [0.2, 0.25) is 0 Å². The van der Waals surface area contributed by atoms with Crippen LogP contribution in [0.25, 0.3) is 0 Å². The highest BCUT2D eigenvalue weighted by molar-refractivity contribution is 6.07. The Balaban J connectivity index is 1.83. The summed E-state index contributed by atoms with van der Waals surface area (Å²) in [6.45, 7) is 7.57. The van der Waals surface area contributed by atoms with Crippen LogP contribution in [0.4, 0.5) is 11.4 Å². The van der Waals surface area contributed by atoms with Gasteiger partial charge < -0.3 is 15.1 Å². The lowest BCUT2D eigenvalue weighted by molar-refractivity contribution is 0.0993. The van der Waals surface area contributed by atoms with Crippen molar-refractivity contribution in [2.45, 2.75) is 27.7 Å². The SMILES string of the molecule is Cc1cc(C)c(NC(=O)c2ccc(C)c(NC(=O)c3ccco3)c2)c(C)n1. The van der Waals surface area contributed by atoms with Crippen molar-refractivity contribution in [1.82, 2.24) is 4.98 Å². The lowest BCUT2D eigenvalue weighted by Crippen LogP contribution is -2.16. The number of pyridine rings is 1. The fourth-order valence-electron chi connectivity index (χ4n) is 2.89. The summed E-state index contributed by atoms with van der Waals surface area (Å²) < 4.78 is 5.10. The third-order valence-corrected chi connectivity index (χ3v) is 4.26. The van der Waals surface area contributed by atoms with E-state index in [0.717, 1.165) is 22.5 Å². The van der Waals surface area contributed by atoms with Crippen LogP contribution < -0.4 is 10.6 Å². The molecule has 0 saturated heterocycles. The standard InChI is InChI=1S/C21H21N3O3/c1-12-7-8-16(11-17(12)23-21(26)18-6-5-9-27-18)20(25)24-19-13(2)10-14(3)22-15(19)4/h5-11H,1-4H3,(H,23,26)(H,24,25). The lowest BCUT2D eigenvalue weighted by Gasteiger charge is -2.13. The van der Waals surface area contributed by atoms with Crippen LogP contribution in [0.5, 0.6) is 0 Å². The number of anilines is 2. The van der Waals surface area contributed by atoms with Gasteiger partial charge in [0, 0.05) is 16.9 Å². The highest BCUT2D eigenvalue weighted by Gasteiger charge is 2.15. The average molecular weight is 363 g/mol. The number of aryl methyl sites for hydroxylation is 4. The van der Waals surface area contributed by atoms with Crippen LogP contribution >= 0.6 is 0 Å². The second-order valence-electron chi connectivity index (χ2n) is 6.46. The highest BCUT2D eigenvalue weighted by Crippen LogP contribution is 2.22. The molecule has 2 amide bonds. The number of furan rings is 1. The van der Waals surface area contributed by atoms with Gasteiger partial charge in [-0.05, 0) is 69.2 Å². The molecule has 1 aromatic carbocycles. The third-order valence-electron chi connectivity index (χ3n) is 4.26. The number of rotatable bonds is 4. The Morgan fingerprint density at radius 1 is 0.926 bits per heavy atom. The van der Waals surface area contributed by atoms with Gasteiger partial charge in [-0.1, -0.05) is 6.07 Å². The molecule has 27 heavy (non-hydrogen) atoms. The molecular weight excluding hydrogens is 342 g/mol. The van der Waals surface area contributed by atoms with Crippen LogP contribution in [0, 0.1) is 27.7 Å². The molecule has 0 radical (unpaired) electrons. The Labute approximate surface area is 157 Å². The molecule has 6 heteroatoms. The van der Waals surface area contributed by atoms with Gasteiger partial charge in [-0.25, -0.2) is 0 Å². The Kier molecular flexibility index (Phi) is 5.07. The van der Waals surface area contributed by atoms with Crippen molar-refractivity contribution >= 4 is 23.2 Å².